The van der Waals surface area contributed by atoms with Crippen LogP contribution >= 0.6 is 0 Å². The van der Waals surface area contributed by atoms with Gasteiger partial charge in [-0.1, -0.05) is 12.8 Å². The van der Waals surface area contributed by atoms with Crippen LogP contribution in [0.2, 0.25) is 0 Å². The van der Waals surface area contributed by atoms with Crippen molar-refractivity contribution in [1.82, 2.24) is 4.90 Å². The molecule has 0 saturated heterocycles. The smallest absolute Gasteiger partial charge is 0.127 e. The second-order valence-corrected chi connectivity index (χ2v) is 6.23. The zero-order chi connectivity index (χ0) is 13.0. The average Bonchev–Trinajstić information content (AvgIpc) is 3.14. The number of aldehydes is 1. The van der Waals surface area contributed by atoms with Crippen molar-refractivity contribution in [1.29, 1.82) is 0 Å². The van der Waals surface area contributed by atoms with E-state index in [4.69, 9.17) is 4.74 Å². The molecule has 0 aromatic rings. The Morgan fingerprint density at radius 2 is 2.06 bits per heavy atom. The van der Waals surface area contributed by atoms with E-state index in [0.717, 1.165) is 38.5 Å². The summed E-state index contributed by atoms with van der Waals surface area (Å²) >= 11 is 0. The van der Waals surface area contributed by atoms with Crippen LogP contribution in [0.15, 0.2) is 0 Å². The van der Waals surface area contributed by atoms with Gasteiger partial charge in [-0.3, -0.25) is 4.90 Å². The maximum atomic E-state index is 11.5. The lowest BCUT2D eigenvalue weighted by Gasteiger charge is -2.35. The first-order chi connectivity index (χ1) is 8.71. The summed E-state index contributed by atoms with van der Waals surface area (Å²) in [7, 11) is 1.75. The van der Waals surface area contributed by atoms with Crippen LogP contribution in [-0.2, 0) is 9.53 Å². The van der Waals surface area contributed by atoms with Crippen LogP contribution in [0.3, 0.4) is 0 Å². The second kappa shape index (κ2) is 6.16. The minimum absolute atomic E-state index is 0.0586. The first kappa shape index (κ1) is 14.0. The van der Waals surface area contributed by atoms with Crippen LogP contribution in [0, 0.1) is 11.3 Å². The molecule has 1 atom stereocenters. The minimum atomic E-state index is -0.0586. The quantitative estimate of drug-likeness (QED) is 0.622. The topological polar surface area (TPSA) is 29.5 Å². The number of hydrogen-bond acceptors (Lipinski definition) is 3. The van der Waals surface area contributed by atoms with Crippen molar-refractivity contribution < 1.29 is 9.53 Å². The molecule has 0 amide bonds. The van der Waals surface area contributed by atoms with Crippen molar-refractivity contribution in [3.05, 3.63) is 0 Å². The standard InChI is InChI=1S/C15H27NO2/c1-13(14-5-6-14)16(9-10-18-2)11-15(12-17)7-3-4-8-15/h12-14H,3-11H2,1-2H3. The number of carbonyl (C=O) groups is 1. The van der Waals surface area contributed by atoms with Crippen LogP contribution in [0.25, 0.3) is 0 Å². The van der Waals surface area contributed by atoms with Crippen molar-refractivity contribution in [3.63, 3.8) is 0 Å². The predicted molar refractivity (Wildman–Crippen MR) is 72.6 cm³/mol. The van der Waals surface area contributed by atoms with E-state index < -0.39 is 0 Å². The molecule has 1 unspecified atom stereocenters. The van der Waals surface area contributed by atoms with Gasteiger partial charge in [0.25, 0.3) is 0 Å². The molecule has 18 heavy (non-hydrogen) atoms. The summed E-state index contributed by atoms with van der Waals surface area (Å²) in [5, 5.41) is 0. The van der Waals surface area contributed by atoms with Gasteiger partial charge in [-0.2, -0.15) is 0 Å². The van der Waals surface area contributed by atoms with E-state index in [1.54, 1.807) is 7.11 Å². The molecule has 2 saturated carbocycles. The molecule has 3 nitrogen and oxygen atoms in total. The Hall–Kier alpha value is -0.410. The largest absolute Gasteiger partial charge is 0.383 e. The van der Waals surface area contributed by atoms with Gasteiger partial charge in [-0.05, 0) is 38.5 Å². The molecule has 2 rings (SSSR count). The highest BCUT2D eigenvalue weighted by molar-refractivity contribution is 5.60. The summed E-state index contributed by atoms with van der Waals surface area (Å²) in [6, 6.07) is 0.609. The van der Waals surface area contributed by atoms with Crippen LogP contribution < -0.4 is 0 Å². The molecule has 2 fully saturated rings. The Balaban J connectivity index is 1.96. The molecule has 0 heterocycles. The Labute approximate surface area is 111 Å². The summed E-state index contributed by atoms with van der Waals surface area (Å²) in [5.74, 6) is 0.854. The Bertz CT molecular complexity index is 270. The lowest BCUT2D eigenvalue weighted by atomic mass is 9.87. The molecule has 3 heteroatoms. The fourth-order valence-electron chi connectivity index (χ4n) is 3.31. The lowest BCUT2D eigenvalue weighted by molar-refractivity contribution is -0.117. The van der Waals surface area contributed by atoms with Gasteiger partial charge in [-0.25, -0.2) is 0 Å². The average molecular weight is 253 g/mol. The van der Waals surface area contributed by atoms with Gasteiger partial charge in [0.1, 0.15) is 6.29 Å². The normalized spacial score (nSPS) is 24.4. The molecule has 2 aliphatic rings. The minimum Gasteiger partial charge on any atom is -0.383 e. The predicted octanol–water partition coefficient (Wildman–Crippen LogP) is 2.49. The monoisotopic (exact) mass is 253 g/mol. The van der Waals surface area contributed by atoms with Crippen molar-refractivity contribution in [3.8, 4) is 0 Å². The maximum Gasteiger partial charge on any atom is 0.127 e. The number of rotatable bonds is 8. The van der Waals surface area contributed by atoms with Crippen LogP contribution in [0.5, 0.6) is 0 Å². The van der Waals surface area contributed by atoms with Gasteiger partial charge < -0.3 is 9.53 Å². The summed E-state index contributed by atoms with van der Waals surface area (Å²) in [5.41, 5.74) is -0.0586. The van der Waals surface area contributed by atoms with E-state index in [0.29, 0.717) is 6.04 Å². The van der Waals surface area contributed by atoms with Crippen molar-refractivity contribution in [2.75, 3.05) is 26.8 Å². The molecule has 0 aromatic carbocycles. The summed E-state index contributed by atoms with van der Waals surface area (Å²) < 4.78 is 5.22. The van der Waals surface area contributed by atoms with Gasteiger partial charge in [0.2, 0.25) is 0 Å². The molecule has 0 spiro atoms. The third kappa shape index (κ3) is 3.33. The number of nitrogens with zero attached hydrogens (tertiary/aromatic N) is 1. The van der Waals surface area contributed by atoms with Crippen LogP contribution in [-0.4, -0.2) is 44.0 Å². The molecule has 2 aliphatic carbocycles. The Morgan fingerprint density at radius 3 is 2.56 bits per heavy atom. The highest BCUT2D eigenvalue weighted by atomic mass is 16.5. The third-order valence-electron chi connectivity index (χ3n) is 4.83. The number of methoxy groups -OCH3 is 1. The summed E-state index contributed by atoms with van der Waals surface area (Å²) in [6.45, 7) is 4.99. The summed E-state index contributed by atoms with van der Waals surface area (Å²) in [4.78, 5) is 14.0. The van der Waals surface area contributed by atoms with E-state index >= 15 is 0 Å². The van der Waals surface area contributed by atoms with Crippen molar-refractivity contribution >= 4 is 6.29 Å². The molecule has 0 aromatic heterocycles. The van der Waals surface area contributed by atoms with Crippen LogP contribution in [0.1, 0.15) is 45.4 Å². The Kier molecular flexibility index (Phi) is 4.79. The molecular formula is C15H27NO2. The molecule has 0 N–H and O–H groups in total. The summed E-state index contributed by atoms with van der Waals surface area (Å²) in [6.07, 6.45) is 8.55. The molecule has 104 valence electrons. The van der Waals surface area contributed by atoms with Gasteiger partial charge in [0.05, 0.1) is 6.61 Å². The molecular weight excluding hydrogens is 226 g/mol. The molecule has 0 aliphatic heterocycles. The van der Waals surface area contributed by atoms with Crippen molar-refractivity contribution in [2.24, 2.45) is 11.3 Å². The third-order valence-corrected chi connectivity index (χ3v) is 4.83. The van der Waals surface area contributed by atoms with E-state index in [-0.39, 0.29) is 5.41 Å². The SMILES string of the molecule is COCCN(CC1(C=O)CCCC1)C(C)C1CC1. The van der Waals surface area contributed by atoms with Gasteiger partial charge >= 0.3 is 0 Å². The van der Waals surface area contributed by atoms with Gasteiger partial charge in [0, 0.05) is 31.7 Å². The number of carbonyl (C=O) groups excluding carboxylic acids is 1. The first-order valence-corrected chi connectivity index (χ1v) is 7.40. The van der Waals surface area contributed by atoms with E-state index in [2.05, 4.69) is 11.8 Å². The lowest BCUT2D eigenvalue weighted by Crippen LogP contribution is -2.44. The van der Waals surface area contributed by atoms with E-state index in [9.17, 15) is 4.79 Å². The fourth-order valence-corrected chi connectivity index (χ4v) is 3.31. The van der Waals surface area contributed by atoms with Crippen molar-refractivity contribution in [2.45, 2.75) is 51.5 Å². The highest BCUT2D eigenvalue weighted by Crippen LogP contribution is 2.40. The van der Waals surface area contributed by atoms with Gasteiger partial charge in [0.15, 0.2) is 0 Å². The fraction of sp³-hybridized carbons (Fsp3) is 0.933. The second-order valence-electron chi connectivity index (χ2n) is 6.23. The first-order valence-electron chi connectivity index (χ1n) is 7.40. The molecule has 0 radical (unpaired) electrons. The van der Waals surface area contributed by atoms with Gasteiger partial charge in [-0.15, -0.1) is 0 Å². The zero-order valence-corrected chi connectivity index (χ0v) is 11.9. The number of hydrogen-bond donors (Lipinski definition) is 0. The number of ether oxygens (including phenoxy) is 1. The zero-order valence-electron chi connectivity index (χ0n) is 11.9. The molecule has 0 bridgehead atoms. The van der Waals surface area contributed by atoms with E-state index in [1.807, 2.05) is 0 Å². The highest BCUT2D eigenvalue weighted by Gasteiger charge is 2.39. The van der Waals surface area contributed by atoms with E-state index in [1.165, 1.54) is 32.0 Å². The maximum absolute atomic E-state index is 11.5. The Morgan fingerprint density at radius 1 is 1.39 bits per heavy atom. The van der Waals surface area contributed by atoms with Crippen LogP contribution in [0.4, 0.5) is 0 Å².